The number of nitrogens with one attached hydrogen (secondary N) is 1. The second kappa shape index (κ2) is 4.27. The molecule has 0 bridgehead atoms. The van der Waals surface area contributed by atoms with E-state index in [0.717, 1.165) is 26.2 Å². The Kier molecular flexibility index (Phi) is 2.76. The Labute approximate surface area is 105 Å². The zero-order chi connectivity index (χ0) is 11.8. The van der Waals surface area contributed by atoms with Crippen molar-refractivity contribution in [2.24, 2.45) is 0 Å². The van der Waals surface area contributed by atoms with E-state index in [2.05, 4.69) is 36.2 Å². The quantitative estimate of drug-likeness (QED) is 0.838. The third-order valence-electron chi connectivity index (χ3n) is 3.21. The molecule has 17 heavy (non-hydrogen) atoms. The van der Waals surface area contributed by atoms with Gasteiger partial charge in [-0.25, -0.2) is 4.98 Å². The first kappa shape index (κ1) is 11.0. The molecule has 1 aliphatic heterocycles. The lowest BCUT2D eigenvalue weighted by Crippen LogP contribution is -2.43. The molecule has 0 unspecified atom stereocenters. The van der Waals surface area contributed by atoms with Crippen LogP contribution in [0.25, 0.3) is 10.2 Å². The maximum atomic E-state index is 4.79. The van der Waals surface area contributed by atoms with E-state index in [0.29, 0.717) is 0 Å². The number of fused-ring (bicyclic) bond motifs is 1. The van der Waals surface area contributed by atoms with E-state index >= 15 is 0 Å². The summed E-state index contributed by atoms with van der Waals surface area (Å²) in [6.07, 6.45) is 0. The van der Waals surface area contributed by atoms with E-state index in [1.165, 1.54) is 26.5 Å². The second-order valence-electron chi connectivity index (χ2n) is 4.66. The van der Waals surface area contributed by atoms with Crippen LogP contribution in [0.3, 0.4) is 0 Å². The maximum absolute atomic E-state index is 4.79. The van der Waals surface area contributed by atoms with Gasteiger partial charge in [0.25, 0.3) is 0 Å². The van der Waals surface area contributed by atoms with Crippen molar-refractivity contribution in [1.29, 1.82) is 0 Å². The minimum atomic E-state index is 1.06. The molecule has 0 aliphatic carbocycles. The number of hydrogen-bond acceptors (Lipinski definition) is 4. The number of piperazine rings is 1. The van der Waals surface area contributed by atoms with E-state index in [4.69, 9.17) is 4.98 Å². The third-order valence-corrected chi connectivity index (χ3v) is 4.27. The van der Waals surface area contributed by atoms with Crippen molar-refractivity contribution in [2.75, 3.05) is 31.1 Å². The van der Waals surface area contributed by atoms with Crippen molar-refractivity contribution in [3.8, 4) is 0 Å². The molecular weight excluding hydrogens is 230 g/mol. The molecule has 0 spiro atoms. The molecule has 1 saturated heterocycles. The summed E-state index contributed by atoms with van der Waals surface area (Å²) in [5.74, 6) is 0. The Morgan fingerprint density at radius 2 is 2.00 bits per heavy atom. The monoisotopic (exact) mass is 247 g/mol. The molecule has 2 aromatic rings. The van der Waals surface area contributed by atoms with Crippen LogP contribution in [-0.4, -0.2) is 31.2 Å². The fourth-order valence-electron chi connectivity index (χ4n) is 2.35. The minimum Gasteiger partial charge on any atom is -0.346 e. The summed E-state index contributed by atoms with van der Waals surface area (Å²) in [7, 11) is 0. The fourth-order valence-corrected chi connectivity index (χ4v) is 3.54. The highest BCUT2D eigenvalue weighted by atomic mass is 32.1. The van der Waals surface area contributed by atoms with Crippen LogP contribution in [0.1, 0.15) is 11.1 Å². The van der Waals surface area contributed by atoms with Crippen LogP contribution in [0.2, 0.25) is 0 Å². The number of aryl methyl sites for hydroxylation is 2. The number of aromatic nitrogens is 1. The molecule has 1 aromatic carbocycles. The molecule has 2 heterocycles. The lowest BCUT2D eigenvalue weighted by molar-refractivity contribution is 0.588. The van der Waals surface area contributed by atoms with E-state index in [9.17, 15) is 0 Å². The molecule has 0 atom stereocenters. The van der Waals surface area contributed by atoms with Crippen molar-refractivity contribution in [1.82, 2.24) is 10.3 Å². The summed E-state index contributed by atoms with van der Waals surface area (Å²) in [6.45, 7) is 8.56. The molecule has 0 saturated carbocycles. The Bertz CT molecular complexity index is 541. The molecule has 0 amide bonds. The predicted octanol–water partition coefficient (Wildman–Crippen LogP) is 2.32. The summed E-state index contributed by atoms with van der Waals surface area (Å²) in [6, 6.07) is 4.45. The molecule has 0 radical (unpaired) electrons. The van der Waals surface area contributed by atoms with E-state index < -0.39 is 0 Å². The van der Waals surface area contributed by atoms with Crippen LogP contribution in [0.4, 0.5) is 5.13 Å². The van der Waals surface area contributed by atoms with Gasteiger partial charge in [-0.2, -0.15) is 0 Å². The summed E-state index contributed by atoms with van der Waals surface area (Å²) in [5, 5.41) is 4.55. The standard InChI is InChI=1S/C13H17N3S/c1-9-7-10(2)12-11(8-9)17-13(15-12)16-5-3-14-4-6-16/h7-8,14H,3-6H2,1-2H3. The number of hydrogen-bond donors (Lipinski definition) is 1. The van der Waals surface area contributed by atoms with Gasteiger partial charge < -0.3 is 10.2 Å². The minimum absolute atomic E-state index is 1.06. The lowest BCUT2D eigenvalue weighted by atomic mass is 10.1. The van der Waals surface area contributed by atoms with Gasteiger partial charge in [0.2, 0.25) is 0 Å². The normalized spacial score (nSPS) is 16.7. The molecular formula is C13H17N3S. The van der Waals surface area contributed by atoms with E-state index in [1.807, 2.05) is 11.3 Å². The topological polar surface area (TPSA) is 28.2 Å². The van der Waals surface area contributed by atoms with E-state index in [1.54, 1.807) is 0 Å². The van der Waals surface area contributed by atoms with Crippen LogP contribution in [-0.2, 0) is 0 Å². The Hall–Kier alpha value is -1.13. The molecule has 1 fully saturated rings. The molecule has 1 aliphatic rings. The second-order valence-corrected chi connectivity index (χ2v) is 5.67. The van der Waals surface area contributed by atoms with Crippen LogP contribution in [0, 0.1) is 13.8 Å². The first-order valence-corrected chi connectivity index (χ1v) is 6.89. The van der Waals surface area contributed by atoms with Crippen LogP contribution < -0.4 is 10.2 Å². The molecule has 3 rings (SSSR count). The Balaban J connectivity index is 2.03. The highest BCUT2D eigenvalue weighted by Crippen LogP contribution is 2.31. The van der Waals surface area contributed by atoms with Gasteiger partial charge in [-0.3, -0.25) is 0 Å². The Morgan fingerprint density at radius 1 is 1.24 bits per heavy atom. The Morgan fingerprint density at radius 3 is 2.76 bits per heavy atom. The van der Waals surface area contributed by atoms with Gasteiger partial charge in [-0.15, -0.1) is 0 Å². The molecule has 1 N–H and O–H groups in total. The fraction of sp³-hybridized carbons (Fsp3) is 0.462. The summed E-state index contributed by atoms with van der Waals surface area (Å²) in [4.78, 5) is 7.18. The summed E-state index contributed by atoms with van der Waals surface area (Å²) >= 11 is 1.82. The number of nitrogens with zero attached hydrogens (tertiary/aromatic N) is 2. The first-order chi connectivity index (χ1) is 8.24. The zero-order valence-corrected chi connectivity index (χ0v) is 11.1. The van der Waals surface area contributed by atoms with Gasteiger partial charge in [0.15, 0.2) is 5.13 Å². The lowest BCUT2D eigenvalue weighted by Gasteiger charge is -2.26. The van der Waals surface area contributed by atoms with Crippen molar-refractivity contribution < 1.29 is 0 Å². The van der Waals surface area contributed by atoms with Crippen LogP contribution in [0.5, 0.6) is 0 Å². The van der Waals surface area contributed by atoms with Crippen molar-refractivity contribution >= 4 is 26.7 Å². The zero-order valence-electron chi connectivity index (χ0n) is 10.3. The predicted molar refractivity (Wildman–Crippen MR) is 74.2 cm³/mol. The van der Waals surface area contributed by atoms with Crippen LogP contribution in [0.15, 0.2) is 12.1 Å². The number of benzene rings is 1. The molecule has 1 aromatic heterocycles. The molecule has 90 valence electrons. The van der Waals surface area contributed by atoms with Crippen molar-refractivity contribution in [2.45, 2.75) is 13.8 Å². The van der Waals surface area contributed by atoms with E-state index in [-0.39, 0.29) is 0 Å². The largest absolute Gasteiger partial charge is 0.346 e. The highest BCUT2D eigenvalue weighted by molar-refractivity contribution is 7.22. The summed E-state index contributed by atoms with van der Waals surface area (Å²) < 4.78 is 1.32. The van der Waals surface area contributed by atoms with Gasteiger partial charge in [-0.05, 0) is 31.0 Å². The van der Waals surface area contributed by atoms with Gasteiger partial charge in [-0.1, -0.05) is 17.4 Å². The number of anilines is 1. The average Bonchev–Trinajstić information content (AvgIpc) is 2.74. The van der Waals surface area contributed by atoms with Gasteiger partial charge >= 0.3 is 0 Å². The smallest absolute Gasteiger partial charge is 0.186 e. The highest BCUT2D eigenvalue weighted by Gasteiger charge is 2.15. The number of rotatable bonds is 1. The number of thiazole rings is 1. The van der Waals surface area contributed by atoms with Gasteiger partial charge in [0.1, 0.15) is 0 Å². The van der Waals surface area contributed by atoms with Crippen molar-refractivity contribution in [3.05, 3.63) is 23.3 Å². The molecule has 4 heteroatoms. The third kappa shape index (κ3) is 2.03. The molecule has 3 nitrogen and oxygen atoms in total. The van der Waals surface area contributed by atoms with Gasteiger partial charge in [0, 0.05) is 26.2 Å². The summed E-state index contributed by atoms with van der Waals surface area (Å²) in [5.41, 5.74) is 3.79. The van der Waals surface area contributed by atoms with Crippen molar-refractivity contribution in [3.63, 3.8) is 0 Å². The first-order valence-electron chi connectivity index (χ1n) is 6.07. The maximum Gasteiger partial charge on any atom is 0.186 e. The average molecular weight is 247 g/mol. The SMILES string of the molecule is Cc1cc(C)c2nc(N3CCNCC3)sc2c1. The van der Waals surface area contributed by atoms with Gasteiger partial charge in [0.05, 0.1) is 10.2 Å². The van der Waals surface area contributed by atoms with Crippen LogP contribution >= 0.6 is 11.3 Å².